The number of hydrogen-bond donors (Lipinski definition) is 1. The second kappa shape index (κ2) is 8.42. The highest BCUT2D eigenvalue weighted by Gasteiger charge is 2.16. The van der Waals surface area contributed by atoms with Crippen LogP contribution in [0, 0.1) is 5.92 Å². The molecule has 0 radical (unpaired) electrons. The van der Waals surface area contributed by atoms with Crippen molar-refractivity contribution in [1.82, 2.24) is 5.32 Å². The molecule has 0 bridgehead atoms. The lowest BCUT2D eigenvalue weighted by Gasteiger charge is -2.15. The molecule has 0 aliphatic rings. The molecular formula is C14H20BrF2NO2. The zero-order chi connectivity index (χ0) is 15.1. The molecule has 1 N–H and O–H groups in total. The smallest absolute Gasteiger partial charge is 0.387 e. The third-order valence-electron chi connectivity index (χ3n) is 2.46. The fraction of sp³-hybridized carbons (Fsp3) is 0.571. The van der Waals surface area contributed by atoms with Gasteiger partial charge in [0.25, 0.3) is 0 Å². The third-order valence-corrected chi connectivity index (χ3v) is 3.05. The minimum absolute atomic E-state index is 0.0365. The van der Waals surface area contributed by atoms with E-state index in [-0.39, 0.29) is 5.75 Å². The van der Waals surface area contributed by atoms with Gasteiger partial charge >= 0.3 is 6.61 Å². The number of ether oxygens (including phenoxy) is 2. The normalized spacial score (nSPS) is 11.2. The van der Waals surface area contributed by atoms with Crippen LogP contribution < -0.4 is 14.8 Å². The summed E-state index contributed by atoms with van der Waals surface area (Å²) >= 11 is 3.25. The van der Waals surface area contributed by atoms with Crippen LogP contribution in [0.4, 0.5) is 8.78 Å². The van der Waals surface area contributed by atoms with Crippen molar-refractivity contribution in [2.24, 2.45) is 5.92 Å². The highest BCUT2D eigenvalue weighted by Crippen LogP contribution is 2.37. The molecule has 0 saturated heterocycles. The van der Waals surface area contributed by atoms with Gasteiger partial charge in [-0.25, -0.2) is 0 Å². The van der Waals surface area contributed by atoms with E-state index in [0.29, 0.717) is 29.3 Å². The maximum atomic E-state index is 12.4. The molecule has 1 rings (SSSR count). The van der Waals surface area contributed by atoms with E-state index in [2.05, 4.69) is 39.8 Å². The molecule has 0 aromatic heterocycles. The quantitative estimate of drug-likeness (QED) is 0.761. The monoisotopic (exact) mass is 351 g/mol. The number of nitrogens with one attached hydrogen (secondary N) is 1. The van der Waals surface area contributed by atoms with Crippen molar-refractivity contribution in [2.75, 3.05) is 13.2 Å². The fourth-order valence-corrected chi connectivity index (χ4v) is 2.28. The summed E-state index contributed by atoms with van der Waals surface area (Å²) in [6, 6.07) is 3.48. The highest BCUT2D eigenvalue weighted by atomic mass is 79.9. The van der Waals surface area contributed by atoms with Crippen molar-refractivity contribution >= 4 is 15.9 Å². The molecule has 6 heteroatoms. The molecule has 114 valence electrons. The van der Waals surface area contributed by atoms with E-state index in [1.54, 1.807) is 19.1 Å². The Labute approximate surface area is 126 Å². The third kappa shape index (κ3) is 5.63. The first-order valence-corrected chi connectivity index (χ1v) is 7.34. The van der Waals surface area contributed by atoms with Crippen molar-refractivity contribution in [2.45, 2.75) is 33.9 Å². The molecule has 0 spiro atoms. The predicted octanol–water partition coefficient (Wildman–Crippen LogP) is 4.19. The van der Waals surface area contributed by atoms with E-state index >= 15 is 0 Å². The van der Waals surface area contributed by atoms with Crippen LogP contribution in [-0.4, -0.2) is 19.8 Å². The fourth-order valence-electron chi connectivity index (χ4n) is 1.70. The van der Waals surface area contributed by atoms with Gasteiger partial charge in [-0.15, -0.1) is 0 Å². The lowest BCUT2D eigenvalue weighted by molar-refractivity contribution is -0.0519. The SMILES string of the molecule is CCOc1cc(CNCC(C)C)cc(Br)c1OC(F)F. The summed E-state index contributed by atoms with van der Waals surface area (Å²) in [5.41, 5.74) is 0.947. The summed E-state index contributed by atoms with van der Waals surface area (Å²) in [5.74, 6) is 0.907. The van der Waals surface area contributed by atoms with Crippen LogP contribution in [0.25, 0.3) is 0 Å². The Kier molecular flexibility index (Phi) is 7.23. The van der Waals surface area contributed by atoms with Gasteiger partial charge < -0.3 is 14.8 Å². The van der Waals surface area contributed by atoms with Crippen LogP contribution in [0.1, 0.15) is 26.3 Å². The minimum Gasteiger partial charge on any atom is -0.490 e. The standard InChI is InChI=1S/C14H20BrF2NO2/c1-4-19-12-6-10(8-18-7-9(2)3)5-11(15)13(12)20-14(16)17/h5-6,9,14,18H,4,7-8H2,1-3H3. The first-order chi connectivity index (χ1) is 9.43. The number of alkyl halides is 2. The van der Waals surface area contributed by atoms with Gasteiger partial charge in [-0.3, -0.25) is 0 Å². The van der Waals surface area contributed by atoms with E-state index in [9.17, 15) is 8.78 Å². The molecule has 1 aromatic carbocycles. The van der Waals surface area contributed by atoms with E-state index in [0.717, 1.165) is 12.1 Å². The topological polar surface area (TPSA) is 30.5 Å². The highest BCUT2D eigenvalue weighted by molar-refractivity contribution is 9.10. The van der Waals surface area contributed by atoms with Crippen LogP contribution in [0.3, 0.4) is 0 Å². The van der Waals surface area contributed by atoms with Gasteiger partial charge in [-0.05, 0) is 53.0 Å². The van der Waals surface area contributed by atoms with E-state index in [1.165, 1.54) is 0 Å². The van der Waals surface area contributed by atoms with Gasteiger partial charge in [0.05, 0.1) is 11.1 Å². The maximum absolute atomic E-state index is 12.4. The zero-order valence-corrected chi connectivity index (χ0v) is 13.5. The maximum Gasteiger partial charge on any atom is 0.387 e. The van der Waals surface area contributed by atoms with Crippen LogP contribution in [-0.2, 0) is 6.54 Å². The molecule has 0 aliphatic heterocycles. The van der Waals surface area contributed by atoms with Crippen molar-refractivity contribution in [3.63, 3.8) is 0 Å². The Morgan fingerprint density at radius 3 is 2.55 bits per heavy atom. The number of benzene rings is 1. The Morgan fingerprint density at radius 1 is 1.30 bits per heavy atom. The van der Waals surface area contributed by atoms with Gasteiger partial charge in [0.1, 0.15) is 0 Å². The molecule has 20 heavy (non-hydrogen) atoms. The zero-order valence-electron chi connectivity index (χ0n) is 11.9. The minimum atomic E-state index is -2.88. The van der Waals surface area contributed by atoms with Gasteiger partial charge in [0.15, 0.2) is 11.5 Å². The Balaban J connectivity index is 2.88. The Bertz CT molecular complexity index is 428. The molecule has 0 fully saturated rings. The number of hydrogen-bond acceptors (Lipinski definition) is 3. The average Bonchev–Trinajstić information content (AvgIpc) is 2.33. The molecule has 3 nitrogen and oxygen atoms in total. The summed E-state index contributed by atoms with van der Waals surface area (Å²) in [5, 5.41) is 3.29. The van der Waals surface area contributed by atoms with Gasteiger partial charge in [-0.1, -0.05) is 13.8 Å². The molecule has 0 saturated carbocycles. The molecule has 0 heterocycles. The summed E-state index contributed by atoms with van der Waals surface area (Å²) < 4.78 is 35.1. The van der Waals surface area contributed by atoms with Crippen LogP contribution in [0.5, 0.6) is 11.5 Å². The van der Waals surface area contributed by atoms with Gasteiger partial charge in [0.2, 0.25) is 0 Å². The molecular weight excluding hydrogens is 332 g/mol. The van der Waals surface area contributed by atoms with Gasteiger partial charge in [0, 0.05) is 6.54 Å². The lowest BCUT2D eigenvalue weighted by atomic mass is 10.2. The first kappa shape index (κ1) is 17.2. The van der Waals surface area contributed by atoms with E-state index < -0.39 is 6.61 Å². The average molecular weight is 352 g/mol. The molecule has 0 atom stereocenters. The van der Waals surface area contributed by atoms with E-state index in [1.807, 2.05) is 0 Å². The van der Waals surface area contributed by atoms with Crippen molar-refractivity contribution in [3.8, 4) is 11.5 Å². The van der Waals surface area contributed by atoms with Crippen molar-refractivity contribution < 1.29 is 18.3 Å². The number of halogens is 3. The van der Waals surface area contributed by atoms with Gasteiger partial charge in [-0.2, -0.15) is 8.78 Å². The number of rotatable bonds is 8. The molecule has 1 aromatic rings. The lowest BCUT2D eigenvalue weighted by Crippen LogP contribution is -2.19. The van der Waals surface area contributed by atoms with Crippen LogP contribution >= 0.6 is 15.9 Å². The van der Waals surface area contributed by atoms with Crippen LogP contribution in [0.15, 0.2) is 16.6 Å². The Morgan fingerprint density at radius 2 is 2.00 bits per heavy atom. The summed E-state index contributed by atoms with van der Waals surface area (Å²) in [7, 11) is 0. The van der Waals surface area contributed by atoms with Crippen molar-refractivity contribution in [3.05, 3.63) is 22.2 Å². The first-order valence-electron chi connectivity index (χ1n) is 6.54. The molecule has 0 aliphatic carbocycles. The molecule has 0 unspecified atom stereocenters. The summed E-state index contributed by atoms with van der Waals surface area (Å²) in [6.07, 6.45) is 0. The summed E-state index contributed by atoms with van der Waals surface area (Å²) in [6.45, 7) is 5.07. The largest absolute Gasteiger partial charge is 0.490 e. The van der Waals surface area contributed by atoms with Crippen molar-refractivity contribution in [1.29, 1.82) is 0 Å². The Hall–Kier alpha value is -0.880. The second-order valence-electron chi connectivity index (χ2n) is 4.74. The van der Waals surface area contributed by atoms with Crippen LogP contribution in [0.2, 0.25) is 0 Å². The second-order valence-corrected chi connectivity index (χ2v) is 5.60. The summed E-state index contributed by atoms with van der Waals surface area (Å²) in [4.78, 5) is 0. The van der Waals surface area contributed by atoms with E-state index in [4.69, 9.17) is 4.74 Å². The predicted molar refractivity (Wildman–Crippen MR) is 78.5 cm³/mol. The molecule has 0 amide bonds.